The van der Waals surface area contributed by atoms with E-state index in [1.165, 1.54) is 11.3 Å². The summed E-state index contributed by atoms with van der Waals surface area (Å²) < 4.78 is 5.41. The lowest BCUT2D eigenvalue weighted by Crippen LogP contribution is -2.13. The van der Waals surface area contributed by atoms with E-state index in [9.17, 15) is 14.7 Å². The largest absolute Gasteiger partial charge is 0.494 e. The summed E-state index contributed by atoms with van der Waals surface area (Å²) in [6, 6.07) is 15.9. The van der Waals surface area contributed by atoms with E-state index < -0.39 is 5.97 Å². The number of carboxylic acids is 1. The highest BCUT2D eigenvalue weighted by Crippen LogP contribution is 2.36. The van der Waals surface area contributed by atoms with E-state index in [0.717, 1.165) is 11.3 Å². The van der Waals surface area contributed by atoms with Crippen LogP contribution in [0.4, 0.5) is 5.00 Å². The van der Waals surface area contributed by atoms with E-state index in [2.05, 4.69) is 5.32 Å². The van der Waals surface area contributed by atoms with Crippen molar-refractivity contribution in [2.75, 3.05) is 11.9 Å². The molecule has 0 saturated heterocycles. The average Bonchev–Trinajstić information content (AvgIpc) is 3.07. The first-order valence-corrected chi connectivity index (χ1v) is 8.92. The van der Waals surface area contributed by atoms with Crippen molar-refractivity contribution in [1.29, 1.82) is 0 Å². The van der Waals surface area contributed by atoms with Crippen LogP contribution in [0.5, 0.6) is 5.75 Å². The summed E-state index contributed by atoms with van der Waals surface area (Å²) in [5.41, 5.74) is 1.87. The van der Waals surface area contributed by atoms with Crippen molar-refractivity contribution in [3.63, 3.8) is 0 Å². The summed E-state index contributed by atoms with van der Waals surface area (Å²) in [5.74, 6) is -0.701. The zero-order valence-corrected chi connectivity index (χ0v) is 14.9. The van der Waals surface area contributed by atoms with Gasteiger partial charge < -0.3 is 15.2 Å². The van der Waals surface area contributed by atoms with Crippen molar-refractivity contribution in [2.45, 2.75) is 6.92 Å². The number of thiophene rings is 1. The Labute approximate surface area is 154 Å². The van der Waals surface area contributed by atoms with Crippen LogP contribution in [0.3, 0.4) is 0 Å². The molecule has 0 saturated carbocycles. The van der Waals surface area contributed by atoms with Crippen LogP contribution in [0.15, 0.2) is 60.0 Å². The molecule has 0 unspecified atom stereocenters. The lowest BCUT2D eigenvalue weighted by atomic mass is 10.0. The maximum atomic E-state index is 12.3. The molecule has 0 aliphatic rings. The van der Waals surface area contributed by atoms with E-state index in [0.29, 0.717) is 22.7 Å². The molecule has 2 aromatic carbocycles. The Morgan fingerprint density at radius 2 is 1.77 bits per heavy atom. The number of carboxylic acid groups (broad SMARTS) is 1. The van der Waals surface area contributed by atoms with E-state index in [1.807, 2.05) is 25.1 Å². The van der Waals surface area contributed by atoms with Gasteiger partial charge in [0.2, 0.25) is 0 Å². The van der Waals surface area contributed by atoms with Crippen molar-refractivity contribution in [2.24, 2.45) is 0 Å². The minimum Gasteiger partial charge on any atom is -0.494 e. The van der Waals surface area contributed by atoms with Crippen LogP contribution in [-0.4, -0.2) is 23.6 Å². The summed E-state index contributed by atoms with van der Waals surface area (Å²) in [6.07, 6.45) is 0. The molecule has 26 heavy (non-hydrogen) atoms. The van der Waals surface area contributed by atoms with Gasteiger partial charge in [-0.05, 0) is 36.8 Å². The van der Waals surface area contributed by atoms with Crippen molar-refractivity contribution < 1.29 is 19.4 Å². The van der Waals surface area contributed by atoms with Gasteiger partial charge in [0, 0.05) is 16.5 Å². The number of nitrogens with one attached hydrogen (secondary N) is 1. The van der Waals surface area contributed by atoms with Crippen molar-refractivity contribution in [1.82, 2.24) is 0 Å². The number of hydrogen-bond acceptors (Lipinski definition) is 4. The number of aromatic carboxylic acids is 1. The number of benzene rings is 2. The number of hydrogen-bond donors (Lipinski definition) is 2. The third kappa shape index (κ3) is 3.75. The van der Waals surface area contributed by atoms with Crippen molar-refractivity contribution >= 4 is 28.2 Å². The third-order valence-electron chi connectivity index (χ3n) is 3.74. The number of ether oxygens (including phenoxy) is 1. The fourth-order valence-corrected chi connectivity index (χ4v) is 3.49. The molecule has 1 heterocycles. The first-order chi connectivity index (χ1) is 12.6. The lowest BCUT2D eigenvalue weighted by molar-refractivity contribution is 0.0699. The molecule has 0 radical (unpaired) electrons. The van der Waals surface area contributed by atoms with Gasteiger partial charge in [-0.2, -0.15) is 0 Å². The molecule has 0 atom stereocenters. The summed E-state index contributed by atoms with van der Waals surface area (Å²) in [5, 5.41) is 14.4. The van der Waals surface area contributed by atoms with Gasteiger partial charge in [-0.1, -0.05) is 30.3 Å². The van der Waals surface area contributed by atoms with Crippen LogP contribution in [0, 0.1) is 0 Å². The molecule has 2 N–H and O–H groups in total. The summed E-state index contributed by atoms with van der Waals surface area (Å²) in [4.78, 5) is 24.1. The fourth-order valence-electron chi connectivity index (χ4n) is 2.54. The Kier molecular flexibility index (Phi) is 5.34. The minimum absolute atomic E-state index is 0.0865. The van der Waals surface area contributed by atoms with Crippen LogP contribution < -0.4 is 10.1 Å². The third-order valence-corrected chi connectivity index (χ3v) is 4.64. The van der Waals surface area contributed by atoms with Crippen LogP contribution >= 0.6 is 11.3 Å². The molecule has 1 aromatic heterocycles. The van der Waals surface area contributed by atoms with Crippen LogP contribution in [0.25, 0.3) is 11.1 Å². The van der Waals surface area contributed by atoms with Crippen LogP contribution in [0.1, 0.15) is 27.6 Å². The molecule has 0 aliphatic heterocycles. The topological polar surface area (TPSA) is 75.6 Å². The predicted molar refractivity (Wildman–Crippen MR) is 102 cm³/mol. The molecular weight excluding hydrogens is 350 g/mol. The zero-order valence-electron chi connectivity index (χ0n) is 14.1. The molecule has 3 rings (SSSR count). The second kappa shape index (κ2) is 7.84. The van der Waals surface area contributed by atoms with Crippen LogP contribution in [0.2, 0.25) is 0 Å². The predicted octanol–water partition coefficient (Wildman–Crippen LogP) is 4.76. The summed E-state index contributed by atoms with van der Waals surface area (Å²) in [6.45, 7) is 2.46. The van der Waals surface area contributed by atoms with Crippen LogP contribution in [-0.2, 0) is 0 Å². The number of amides is 1. The van der Waals surface area contributed by atoms with E-state index >= 15 is 0 Å². The molecule has 0 bridgehead atoms. The Morgan fingerprint density at radius 1 is 1.08 bits per heavy atom. The highest BCUT2D eigenvalue weighted by Gasteiger charge is 2.21. The smallest absolute Gasteiger partial charge is 0.339 e. The first kappa shape index (κ1) is 17.7. The zero-order chi connectivity index (χ0) is 18.5. The first-order valence-electron chi connectivity index (χ1n) is 8.04. The standard InChI is InChI=1S/C20H17NO4S/c1-2-25-15-10-8-13(9-11-15)16-12-26-19(17(16)20(23)24)21-18(22)14-6-4-3-5-7-14/h3-12H,2H2,1H3,(H,21,22)(H,23,24). The van der Waals surface area contributed by atoms with Gasteiger partial charge in [-0.15, -0.1) is 11.3 Å². The van der Waals surface area contributed by atoms with Gasteiger partial charge in [0.1, 0.15) is 16.3 Å². The minimum atomic E-state index is -1.08. The van der Waals surface area contributed by atoms with Crippen molar-refractivity contribution in [3.05, 3.63) is 71.1 Å². The molecule has 0 aliphatic carbocycles. The number of carbonyl (C=O) groups is 2. The van der Waals surface area contributed by atoms with E-state index in [-0.39, 0.29) is 11.5 Å². The highest BCUT2D eigenvalue weighted by atomic mass is 32.1. The molecule has 6 heteroatoms. The van der Waals surface area contributed by atoms with Gasteiger partial charge in [0.05, 0.1) is 6.61 Å². The lowest BCUT2D eigenvalue weighted by Gasteiger charge is -2.07. The highest BCUT2D eigenvalue weighted by molar-refractivity contribution is 7.15. The Hall–Kier alpha value is -3.12. The number of rotatable bonds is 6. The normalized spacial score (nSPS) is 10.3. The average molecular weight is 367 g/mol. The van der Waals surface area contributed by atoms with Gasteiger partial charge in [-0.25, -0.2) is 4.79 Å². The van der Waals surface area contributed by atoms with Crippen molar-refractivity contribution in [3.8, 4) is 16.9 Å². The molecule has 132 valence electrons. The SMILES string of the molecule is CCOc1ccc(-c2csc(NC(=O)c3ccccc3)c2C(=O)O)cc1. The molecule has 5 nitrogen and oxygen atoms in total. The number of anilines is 1. The Morgan fingerprint density at radius 3 is 2.38 bits per heavy atom. The monoisotopic (exact) mass is 367 g/mol. The molecule has 0 fully saturated rings. The van der Waals surface area contributed by atoms with Gasteiger partial charge in [0.15, 0.2) is 0 Å². The Balaban J connectivity index is 1.91. The van der Waals surface area contributed by atoms with Gasteiger partial charge >= 0.3 is 5.97 Å². The quantitative estimate of drug-likeness (QED) is 0.658. The maximum Gasteiger partial charge on any atom is 0.339 e. The molecule has 0 spiro atoms. The van der Waals surface area contributed by atoms with E-state index in [4.69, 9.17) is 4.74 Å². The molecule has 1 amide bonds. The Bertz CT molecular complexity index is 917. The fraction of sp³-hybridized carbons (Fsp3) is 0.100. The molecular formula is C20H17NO4S. The number of carbonyl (C=O) groups excluding carboxylic acids is 1. The second-order valence-corrected chi connectivity index (χ2v) is 6.32. The van der Waals surface area contributed by atoms with Gasteiger partial charge in [-0.3, -0.25) is 4.79 Å². The summed E-state index contributed by atoms with van der Waals surface area (Å²) in [7, 11) is 0. The van der Waals surface area contributed by atoms with E-state index in [1.54, 1.807) is 41.8 Å². The maximum absolute atomic E-state index is 12.3. The molecule has 3 aromatic rings. The summed E-state index contributed by atoms with van der Waals surface area (Å²) >= 11 is 1.19. The second-order valence-electron chi connectivity index (χ2n) is 5.44. The van der Waals surface area contributed by atoms with Gasteiger partial charge in [0.25, 0.3) is 5.91 Å².